The standard InChI is InChI=1S/C12H14N4O/c1-2-10-12(17)15-5-6-16(10)11-7-9(8-13)3-4-14-11/h3-4,7,10H,2,5-6H2,1H3,(H,15,17). The summed E-state index contributed by atoms with van der Waals surface area (Å²) in [6.07, 6.45) is 2.33. The molecule has 2 heterocycles. The zero-order valence-electron chi connectivity index (χ0n) is 9.68. The van der Waals surface area contributed by atoms with Crippen LogP contribution in [0.15, 0.2) is 18.3 Å². The second-order valence-electron chi connectivity index (χ2n) is 3.92. The number of aromatic nitrogens is 1. The molecule has 0 spiro atoms. The van der Waals surface area contributed by atoms with E-state index in [1.165, 1.54) is 0 Å². The molecule has 0 saturated carbocycles. The third kappa shape index (κ3) is 2.21. The van der Waals surface area contributed by atoms with E-state index in [-0.39, 0.29) is 11.9 Å². The fourth-order valence-corrected chi connectivity index (χ4v) is 2.04. The van der Waals surface area contributed by atoms with Crippen LogP contribution in [0, 0.1) is 11.3 Å². The van der Waals surface area contributed by atoms with Crippen molar-refractivity contribution in [1.29, 1.82) is 5.26 Å². The Morgan fingerprint density at radius 3 is 3.24 bits per heavy atom. The van der Waals surface area contributed by atoms with Gasteiger partial charge in [0.1, 0.15) is 11.9 Å². The van der Waals surface area contributed by atoms with Crippen molar-refractivity contribution in [3.8, 4) is 6.07 Å². The average molecular weight is 230 g/mol. The fourth-order valence-electron chi connectivity index (χ4n) is 2.04. The van der Waals surface area contributed by atoms with Gasteiger partial charge in [0, 0.05) is 19.3 Å². The molecular weight excluding hydrogens is 216 g/mol. The highest BCUT2D eigenvalue weighted by Crippen LogP contribution is 2.18. The van der Waals surface area contributed by atoms with Gasteiger partial charge in [0.2, 0.25) is 5.91 Å². The maximum Gasteiger partial charge on any atom is 0.242 e. The Morgan fingerprint density at radius 2 is 2.53 bits per heavy atom. The number of pyridine rings is 1. The molecular formula is C12H14N4O. The van der Waals surface area contributed by atoms with E-state index in [4.69, 9.17) is 5.26 Å². The number of carbonyl (C=O) groups is 1. The summed E-state index contributed by atoms with van der Waals surface area (Å²) in [7, 11) is 0. The van der Waals surface area contributed by atoms with Gasteiger partial charge in [-0.3, -0.25) is 4.79 Å². The Bertz CT molecular complexity index is 466. The van der Waals surface area contributed by atoms with Gasteiger partial charge in [0.05, 0.1) is 11.6 Å². The van der Waals surface area contributed by atoms with Crippen molar-refractivity contribution >= 4 is 11.7 Å². The van der Waals surface area contributed by atoms with E-state index in [1.807, 2.05) is 11.8 Å². The van der Waals surface area contributed by atoms with Gasteiger partial charge in [-0.1, -0.05) is 6.92 Å². The first-order valence-corrected chi connectivity index (χ1v) is 5.66. The Morgan fingerprint density at radius 1 is 1.71 bits per heavy atom. The number of nitrogens with one attached hydrogen (secondary N) is 1. The van der Waals surface area contributed by atoms with Gasteiger partial charge in [-0.15, -0.1) is 0 Å². The summed E-state index contributed by atoms with van der Waals surface area (Å²) in [6.45, 7) is 3.32. The van der Waals surface area contributed by atoms with E-state index in [1.54, 1.807) is 18.3 Å². The SMILES string of the molecule is CCC1C(=O)NCCN1c1cc(C#N)ccn1. The highest BCUT2D eigenvalue weighted by atomic mass is 16.2. The molecule has 88 valence electrons. The maximum atomic E-state index is 11.7. The van der Waals surface area contributed by atoms with Crippen LogP contribution in [-0.2, 0) is 4.79 Å². The summed E-state index contributed by atoms with van der Waals surface area (Å²) in [5.74, 6) is 0.730. The number of carbonyl (C=O) groups excluding carboxylic acids is 1. The Kier molecular flexibility index (Phi) is 3.24. The second kappa shape index (κ2) is 4.83. The van der Waals surface area contributed by atoms with Crippen molar-refractivity contribution in [2.45, 2.75) is 19.4 Å². The van der Waals surface area contributed by atoms with Crippen LogP contribution in [0.25, 0.3) is 0 Å². The predicted octanol–water partition coefficient (Wildman–Crippen LogP) is 0.668. The van der Waals surface area contributed by atoms with Crippen molar-refractivity contribution in [3.05, 3.63) is 23.9 Å². The van der Waals surface area contributed by atoms with Gasteiger partial charge in [-0.2, -0.15) is 5.26 Å². The molecule has 5 heteroatoms. The fraction of sp³-hybridized carbons (Fsp3) is 0.417. The van der Waals surface area contributed by atoms with Crippen LogP contribution in [0.2, 0.25) is 0 Å². The molecule has 1 atom stereocenters. The number of hydrogen-bond donors (Lipinski definition) is 1. The van der Waals surface area contributed by atoms with E-state index < -0.39 is 0 Å². The number of anilines is 1. The van der Waals surface area contributed by atoms with E-state index in [2.05, 4.69) is 16.4 Å². The smallest absolute Gasteiger partial charge is 0.242 e. The van der Waals surface area contributed by atoms with Gasteiger partial charge in [0.25, 0.3) is 0 Å². The van der Waals surface area contributed by atoms with E-state index in [0.717, 1.165) is 13.0 Å². The molecule has 2 rings (SSSR count). The van der Waals surface area contributed by atoms with Gasteiger partial charge in [-0.05, 0) is 18.6 Å². The monoisotopic (exact) mass is 230 g/mol. The topological polar surface area (TPSA) is 69.0 Å². The highest BCUT2D eigenvalue weighted by molar-refractivity contribution is 5.86. The summed E-state index contributed by atoms with van der Waals surface area (Å²) < 4.78 is 0. The van der Waals surface area contributed by atoms with Crippen LogP contribution in [0.4, 0.5) is 5.82 Å². The number of rotatable bonds is 2. The van der Waals surface area contributed by atoms with Gasteiger partial charge >= 0.3 is 0 Å². The van der Waals surface area contributed by atoms with E-state index >= 15 is 0 Å². The van der Waals surface area contributed by atoms with E-state index in [0.29, 0.717) is 17.9 Å². The first-order valence-electron chi connectivity index (χ1n) is 5.66. The number of piperazine rings is 1. The molecule has 0 aliphatic carbocycles. The van der Waals surface area contributed by atoms with Crippen molar-refractivity contribution in [2.24, 2.45) is 0 Å². The molecule has 5 nitrogen and oxygen atoms in total. The summed E-state index contributed by atoms with van der Waals surface area (Å²) >= 11 is 0. The minimum atomic E-state index is -0.190. The van der Waals surface area contributed by atoms with Crippen LogP contribution in [0.5, 0.6) is 0 Å². The molecule has 1 amide bonds. The van der Waals surface area contributed by atoms with Crippen LogP contribution in [0.1, 0.15) is 18.9 Å². The van der Waals surface area contributed by atoms with Crippen LogP contribution >= 0.6 is 0 Å². The Labute approximate surface area is 100 Å². The lowest BCUT2D eigenvalue weighted by Crippen LogP contribution is -2.55. The lowest BCUT2D eigenvalue weighted by molar-refractivity contribution is -0.123. The normalized spacial score (nSPS) is 19.6. The first-order chi connectivity index (χ1) is 8.26. The summed E-state index contributed by atoms with van der Waals surface area (Å²) in [4.78, 5) is 17.9. The maximum absolute atomic E-state index is 11.7. The molecule has 1 fully saturated rings. The van der Waals surface area contributed by atoms with Crippen molar-refractivity contribution < 1.29 is 4.79 Å². The Balaban J connectivity index is 2.31. The van der Waals surface area contributed by atoms with Crippen LogP contribution in [-0.4, -0.2) is 30.0 Å². The first kappa shape index (κ1) is 11.4. The molecule has 1 aromatic heterocycles. The van der Waals surface area contributed by atoms with Gasteiger partial charge in [0.15, 0.2) is 0 Å². The third-order valence-corrected chi connectivity index (χ3v) is 2.89. The predicted molar refractivity (Wildman–Crippen MR) is 63.4 cm³/mol. The van der Waals surface area contributed by atoms with Crippen molar-refractivity contribution in [2.75, 3.05) is 18.0 Å². The van der Waals surface area contributed by atoms with Crippen molar-refractivity contribution in [1.82, 2.24) is 10.3 Å². The number of amides is 1. The van der Waals surface area contributed by atoms with Crippen molar-refractivity contribution in [3.63, 3.8) is 0 Å². The number of nitriles is 1. The number of hydrogen-bond acceptors (Lipinski definition) is 4. The molecule has 0 radical (unpaired) electrons. The summed E-state index contributed by atoms with van der Waals surface area (Å²) in [5.41, 5.74) is 0.566. The molecule has 1 unspecified atom stereocenters. The zero-order valence-corrected chi connectivity index (χ0v) is 9.68. The van der Waals surface area contributed by atoms with Gasteiger partial charge in [-0.25, -0.2) is 4.98 Å². The highest BCUT2D eigenvalue weighted by Gasteiger charge is 2.28. The molecule has 1 saturated heterocycles. The summed E-state index contributed by atoms with van der Waals surface area (Å²) in [6, 6.07) is 5.28. The van der Waals surface area contributed by atoms with Crippen LogP contribution < -0.4 is 10.2 Å². The Hall–Kier alpha value is -2.09. The third-order valence-electron chi connectivity index (χ3n) is 2.89. The molecule has 0 aromatic carbocycles. The molecule has 1 N–H and O–H groups in total. The minimum absolute atomic E-state index is 0.0305. The lowest BCUT2D eigenvalue weighted by Gasteiger charge is -2.35. The minimum Gasteiger partial charge on any atom is -0.353 e. The zero-order chi connectivity index (χ0) is 12.3. The molecule has 17 heavy (non-hydrogen) atoms. The van der Waals surface area contributed by atoms with Crippen LogP contribution in [0.3, 0.4) is 0 Å². The van der Waals surface area contributed by atoms with Gasteiger partial charge < -0.3 is 10.2 Å². The molecule has 0 bridgehead atoms. The molecule has 1 aliphatic rings. The molecule has 1 aromatic rings. The second-order valence-corrected chi connectivity index (χ2v) is 3.92. The van der Waals surface area contributed by atoms with E-state index in [9.17, 15) is 4.79 Å². The largest absolute Gasteiger partial charge is 0.353 e. The average Bonchev–Trinajstić information content (AvgIpc) is 2.38. The lowest BCUT2D eigenvalue weighted by atomic mass is 10.1. The quantitative estimate of drug-likeness (QED) is 0.810. The summed E-state index contributed by atoms with van der Waals surface area (Å²) in [5, 5.41) is 11.7. The molecule has 1 aliphatic heterocycles. The number of nitrogens with zero attached hydrogens (tertiary/aromatic N) is 3.